The molecule has 110 valence electrons. The first-order valence-corrected chi connectivity index (χ1v) is 7.81. The molecule has 0 amide bonds. The third-order valence-corrected chi connectivity index (χ3v) is 4.91. The van der Waals surface area contributed by atoms with Crippen LogP contribution in [0.1, 0.15) is 63.0 Å². The molecule has 3 rings (SSSR count). The Kier molecular flexibility index (Phi) is 3.76. The average Bonchev–Trinajstić information content (AvgIpc) is 2.91. The lowest BCUT2D eigenvalue weighted by Crippen LogP contribution is -2.25. The highest BCUT2D eigenvalue weighted by atomic mass is 16.4. The van der Waals surface area contributed by atoms with E-state index in [1.807, 2.05) is 0 Å². The molecule has 0 aromatic carbocycles. The maximum atomic E-state index is 11.2. The summed E-state index contributed by atoms with van der Waals surface area (Å²) in [5, 5.41) is 17.9. The van der Waals surface area contributed by atoms with Crippen LogP contribution in [0.5, 0.6) is 0 Å². The maximum Gasteiger partial charge on any atom is 0.303 e. The molecule has 0 spiro atoms. The van der Waals surface area contributed by atoms with Crippen LogP contribution in [0.3, 0.4) is 0 Å². The minimum absolute atomic E-state index is 0.0814. The molecule has 0 radical (unpaired) electrons. The average molecular weight is 277 g/mol. The second kappa shape index (κ2) is 5.54. The van der Waals surface area contributed by atoms with Crippen molar-refractivity contribution >= 4 is 5.97 Å². The van der Waals surface area contributed by atoms with Gasteiger partial charge in [-0.3, -0.25) is 4.79 Å². The van der Waals surface area contributed by atoms with Crippen molar-refractivity contribution in [1.29, 1.82) is 0 Å². The Morgan fingerprint density at radius 3 is 2.70 bits per heavy atom. The van der Waals surface area contributed by atoms with Crippen molar-refractivity contribution in [3.8, 4) is 0 Å². The van der Waals surface area contributed by atoms with Gasteiger partial charge in [0.15, 0.2) is 0 Å². The van der Waals surface area contributed by atoms with E-state index in [0.717, 1.165) is 56.7 Å². The van der Waals surface area contributed by atoms with Crippen molar-refractivity contribution in [1.82, 2.24) is 14.8 Å². The van der Waals surface area contributed by atoms with E-state index < -0.39 is 5.97 Å². The number of nitrogens with zero attached hydrogens (tertiary/aromatic N) is 3. The molecule has 1 aliphatic heterocycles. The van der Waals surface area contributed by atoms with Gasteiger partial charge < -0.3 is 9.67 Å². The van der Waals surface area contributed by atoms with E-state index in [1.54, 1.807) is 0 Å². The minimum Gasteiger partial charge on any atom is -0.481 e. The molecule has 2 aliphatic rings. The van der Waals surface area contributed by atoms with Gasteiger partial charge in [-0.25, -0.2) is 0 Å². The molecule has 5 heteroatoms. The van der Waals surface area contributed by atoms with Crippen LogP contribution in [0, 0.1) is 5.41 Å². The summed E-state index contributed by atoms with van der Waals surface area (Å²) in [6.45, 7) is 1.00. The Morgan fingerprint density at radius 1 is 1.15 bits per heavy atom. The lowest BCUT2D eigenvalue weighted by molar-refractivity contribution is -0.139. The Morgan fingerprint density at radius 2 is 1.95 bits per heavy atom. The highest BCUT2D eigenvalue weighted by molar-refractivity contribution is 5.67. The van der Waals surface area contributed by atoms with Gasteiger partial charge in [-0.15, -0.1) is 10.2 Å². The first kappa shape index (κ1) is 13.6. The van der Waals surface area contributed by atoms with Gasteiger partial charge in [0.2, 0.25) is 0 Å². The van der Waals surface area contributed by atoms with Crippen LogP contribution in [0.4, 0.5) is 0 Å². The molecular weight excluding hydrogens is 254 g/mol. The molecule has 0 atom stereocenters. The number of carboxylic acids is 1. The van der Waals surface area contributed by atoms with E-state index in [2.05, 4.69) is 14.8 Å². The molecule has 0 bridgehead atoms. The van der Waals surface area contributed by atoms with E-state index in [9.17, 15) is 9.90 Å². The molecule has 1 fully saturated rings. The predicted molar refractivity (Wildman–Crippen MR) is 74.4 cm³/mol. The minimum atomic E-state index is -0.678. The molecule has 2 heterocycles. The standard InChI is InChI=1S/C15H23N3O2/c19-14(20)11-15(7-3-4-8-15)10-13-17-16-12-6-2-1-5-9-18(12)13/h1-11H2,(H,19,20). The molecule has 0 saturated heterocycles. The normalized spacial score (nSPS) is 21.4. The fourth-order valence-corrected chi connectivity index (χ4v) is 3.87. The monoisotopic (exact) mass is 277 g/mol. The lowest BCUT2D eigenvalue weighted by atomic mass is 9.79. The van der Waals surface area contributed by atoms with Crippen molar-refractivity contribution in [3.63, 3.8) is 0 Å². The number of aromatic nitrogens is 3. The third-order valence-electron chi connectivity index (χ3n) is 4.91. The Balaban J connectivity index is 1.82. The zero-order valence-corrected chi connectivity index (χ0v) is 12.0. The van der Waals surface area contributed by atoms with Crippen LogP contribution in [0.15, 0.2) is 0 Å². The molecule has 20 heavy (non-hydrogen) atoms. The van der Waals surface area contributed by atoms with Crippen LogP contribution in [0.25, 0.3) is 0 Å². The summed E-state index contributed by atoms with van der Waals surface area (Å²) in [5.74, 6) is 1.44. The Hall–Kier alpha value is -1.39. The van der Waals surface area contributed by atoms with Crippen LogP contribution in [-0.4, -0.2) is 25.8 Å². The molecule has 0 unspecified atom stereocenters. The van der Waals surface area contributed by atoms with Crippen LogP contribution >= 0.6 is 0 Å². The molecule has 5 nitrogen and oxygen atoms in total. The second-order valence-corrected chi connectivity index (χ2v) is 6.45. The SMILES string of the molecule is O=C(O)CC1(Cc2nnc3n2CCCCC3)CCCC1. The van der Waals surface area contributed by atoms with Crippen molar-refractivity contribution in [3.05, 3.63) is 11.6 Å². The fraction of sp³-hybridized carbons (Fsp3) is 0.800. The first-order chi connectivity index (χ1) is 9.69. The van der Waals surface area contributed by atoms with E-state index in [4.69, 9.17) is 0 Å². The molecule has 1 N–H and O–H groups in total. The highest BCUT2D eigenvalue weighted by Crippen LogP contribution is 2.43. The second-order valence-electron chi connectivity index (χ2n) is 6.45. The predicted octanol–water partition coefficient (Wildman–Crippen LogP) is 2.58. The van der Waals surface area contributed by atoms with Gasteiger partial charge in [-0.2, -0.15) is 0 Å². The van der Waals surface area contributed by atoms with Crippen molar-refractivity contribution in [2.45, 2.75) is 70.8 Å². The number of hydrogen-bond acceptors (Lipinski definition) is 3. The molecule has 1 aromatic rings. The summed E-state index contributed by atoms with van der Waals surface area (Å²) >= 11 is 0. The van der Waals surface area contributed by atoms with E-state index in [0.29, 0.717) is 0 Å². The van der Waals surface area contributed by atoms with Crippen molar-refractivity contribution in [2.75, 3.05) is 0 Å². The molecule has 1 saturated carbocycles. The van der Waals surface area contributed by atoms with Gasteiger partial charge in [0.05, 0.1) is 6.42 Å². The van der Waals surface area contributed by atoms with Gasteiger partial charge in [-0.1, -0.05) is 19.3 Å². The Labute approximate surface area is 119 Å². The quantitative estimate of drug-likeness (QED) is 0.918. The van der Waals surface area contributed by atoms with Crippen molar-refractivity contribution < 1.29 is 9.90 Å². The van der Waals surface area contributed by atoms with Gasteiger partial charge in [-0.05, 0) is 31.1 Å². The molecule has 1 aromatic heterocycles. The summed E-state index contributed by atoms with van der Waals surface area (Å²) in [6, 6.07) is 0. The summed E-state index contributed by atoms with van der Waals surface area (Å²) in [5.41, 5.74) is -0.0814. The van der Waals surface area contributed by atoms with Crippen LogP contribution < -0.4 is 0 Å². The molecule has 1 aliphatic carbocycles. The molecular formula is C15H23N3O2. The van der Waals surface area contributed by atoms with Gasteiger partial charge in [0.1, 0.15) is 11.6 Å². The zero-order chi connectivity index (χ0) is 14.0. The van der Waals surface area contributed by atoms with Gasteiger partial charge in [0, 0.05) is 19.4 Å². The largest absolute Gasteiger partial charge is 0.481 e. The summed E-state index contributed by atoms with van der Waals surface area (Å²) in [7, 11) is 0. The fourth-order valence-electron chi connectivity index (χ4n) is 3.87. The highest BCUT2D eigenvalue weighted by Gasteiger charge is 2.37. The van der Waals surface area contributed by atoms with Gasteiger partial charge >= 0.3 is 5.97 Å². The van der Waals surface area contributed by atoms with Crippen LogP contribution in [0.2, 0.25) is 0 Å². The van der Waals surface area contributed by atoms with E-state index in [1.165, 1.54) is 19.3 Å². The summed E-state index contributed by atoms with van der Waals surface area (Å²) in [6.07, 6.45) is 10.0. The number of carboxylic acid groups (broad SMARTS) is 1. The number of hydrogen-bond donors (Lipinski definition) is 1. The van der Waals surface area contributed by atoms with Crippen LogP contribution in [-0.2, 0) is 24.2 Å². The zero-order valence-electron chi connectivity index (χ0n) is 12.0. The smallest absolute Gasteiger partial charge is 0.303 e. The third kappa shape index (κ3) is 2.72. The Bertz CT molecular complexity index is 489. The number of aliphatic carboxylic acids is 1. The maximum absolute atomic E-state index is 11.2. The van der Waals surface area contributed by atoms with Crippen molar-refractivity contribution in [2.24, 2.45) is 5.41 Å². The van der Waals surface area contributed by atoms with Gasteiger partial charge in [0.25, 0.3) is 0 Å². The van der Waals surface area contributed by atoms with E-state index >= 15 is 0 Å². The number of carbonyl (C=O) groups is 1. The topological polar surface area (TPSA) is 68.0 Å². The first-order valence-electron chi connectivity index (χ1n) is 7.81. The lowest BCUT2D eigenvalue weighted by Gasteiger charge is -2.26. The number of aryl methyl sites for hydroxylation is 1. The van der Waals surface area contributed by atoms with E-state index in [-0.39, 0.29) is 11.8 Å². The number of rotatable bonds is 4. The number of fused-ring (bicyclic) bond motifs is 1. The summed E-state index contributed by atoms with van der Waals surface area (Å²) in [4.78, 5) is 11.2. The summed E-state index contributed by atoms with van der Waals surface area (Å²) < 4.78 is 2.26.